The van der Waals surface area contributed by atoms with E-state index in [1.165, 1.54) is 0 Å². The Morgan fingerprint density at radius 2 is 1.76 bits per heavy atom. The molecule has 0 radical (unpaired) electrons. The molecule has 2 saturated heterocycles. The predicted molar refractivity (Wildman–Crippen MR) is 113 cm³/mol. The van der Waals surface area contributed by atoms with Crippen LogP contribution in [-0.4, -0.2) is 49.6 Å². The highest BCUT2D eigenvalue weighted by Gasteiger charge is 2.37. The van der Waals surface area contributed by atoms with Crippen molar-refractivity contribution >= 4 is 23.2 Å². The van der Waals surface area contributed by atoms with Gasteiger partial charge in [0.1, 0.15) is 0 Å². The van der Waals surface area contributed by atoms with E-state index in [1.54, 1.807) is 0 Å². The number of rotatable bonds is 5. The van der Waals surface area contributed by atoms with Crippen LogP contribution in [0.1, 0.15) is 24.9 Å². The minimum atomic E-state index is -0.341. The molecule has 29 heavy (non-hydrogen) atoms. The van der Waals surface area contributed by atoms with Crippen molar-refractivity contribution in [2.24, 2.45) is 5.92 Å². The summed E-state index contributed by atoms with van der Waals surface area (Å²) in [7, 11) is 0. The van der Waals surface area contributed by atoms with E-state index in [0.29, 0.717) is 19.8 Å². The number of amides is 2. The molecular weight excluding hydrogens is 366 g/mol. The van der Waals surface area contributed by atoms with E-state index in [2.05, 4.69) is 10.2 Å². The highest BCUT2D eigenvalue weighted by Crippen LogP contribution is 2.31. The highest BCUT2D eigenvalue weighted by molar-refractivity contribution is 5.99. The van der Waals surface area contributed by atoms with Crippen molar-refractivity contribution in [3.8, 4) is 0 Å². The molecule has 2 aliphatic heterocycles. The van der Waals surface area contributed by atoms with Gasteiger partial charge in [-0.1, -0.05) is 42.5 Å². The Labute approximate surface area is 171 Å². The zero-order chi connectivity index (χ0) is 20.2. The summed E-state index contributed by atoms with van der Waals surface area (Å²) < 4.78 is 5.43. The second-order valence-corrected chi connectivity index (χ2v) is 7.64. The number of benzene rings is 2. The fourth-order valence-electron chi connectivity index (χ4n) is 4.09. The Kier molecular flexibility index (Phi) is 5.81. The van der Waals surface area contributed by atoms with Gasteiger partial charge in [0.2, 0.25) is 11.8 Å². The number of likely N-dealkylation sites (tertiary alicyclic amines) is 1. The smallest absolute Gasteiger partial charge is 0.229 e. The molecule has 6 nitrogen and oxygen atoms in total. The third-order valence-corrected chi connectivity index (χ3v) is 5.79. The van der Waals surface area contributed by atoms with Crippen molar-refractivity contribution in [3.05, 3.63) is 60.2 Å². The van der Waals surface area contributed by atoms with E-state index < -0.39 is 0 Å². The maximum atomic E-state index is 13.0. The van der Waals surface area contributed by atoms with E-state index >= 15 is 0 Å². The van der Waals surface area contributed by atoms with Crippen LogP contribution in [-0.2, 0) is 14.3 Å². The van der Waals surface area contributed by atoms with Gasteiger partial charge >= 0.3 is 0 Å². The van der Waals surface area contributed by atoms with Gasteiger partial charge in [0.25, 0.3) is 0 Å². The number of carbonyl (C=O) groups excluding carboxylic acids is 2. The van der Waals surface area contributed by atoms with Gasteiger partial charge in [0.15, 0.2) is 0 Å². The molecule has 2 aromatic carbocycles. The molecule has 0 unspecified atom stereocenters. The first-order valence-electron chi connectivity index (χ1n) is 10.2. The molecule has 2 amide bonds. The summed E-state index contributed by atoms with van der Waals surface area (Å²) in [5.41, 5.74) is 2.88. The lowest BCUT2D eigenvalue weighted by molar-refractivity contribution is -0.129. The molecule has 2 atom stereocenters. The first-order chi connectivity index (χ1) is 14.1. The van der Waals surface area contributed by atoms with Gasteiger partial charge in [-0.3, -0.25) is 9.59 Å². The van der Waals surface area contributed by atoms with Crippen LogP contribution in [0.5, 0.6) is 0 Å². The molecule has 6 heteroatoms. The number of hydrogen-bond donors (Lipinski definition) is 1. The average molecular weight is 393 g/mol. The lowest BCUT2D eigenvalue weighted by Gasteiger charge is -2.30. The average Bonchev–Trinajstić information content (AvgIpc) is 3.16. The molecule has 2 aromatic rings. The summed E-state index contributed by atoms with van der Waals surface area (Å²) in [6.07, 6.45) is 0.253. The van der Waals surface area contributed by atoms with Crippen molar-refractivity contribution in [2.75, 3.05) is 43.1 Å². The number of nitrogens with zero attached hydrogens (tertiary/aromatic N) is 2. The summed E-state index contributed by atoms with van der Waals surface area (Å²) in [4.78, 5) is 29.6. The first kappa shape index (κ1) is 19.5. The number of carbonyl (C=O) groups is 2. The molecule has 152 valence electrons. The number of anilines is 2. The van der Waals surface area contributed by atoms with E-state index in [1.807, 2.05) is 66.4 Å². The highest BCUT2D eigenvalue weighted by atomic mass is 16.5. The second-order valence-electron chi connectivity index (χ2n) is 7.64. The van der Waals surface area contributed by atoms with E-state index in [4.69, 9.17) is 4.74 Å². The Hall–Kier alpha value is -2.86. The van der Waals surface area contributed by atoms with Gasteiger partial charge < -0.3 is 19.9 Å². The second kappa shape index (κ2) is 8.66. The maximum absolute atomic E-state index is 13.0. The fourth-order valence-corrected chi connectivity index (χ4v) is 4.09. The van der Waals surface area contributed by atoms with Crippen LogP contribution in [0.15, 0.2) is 54.6 Å². The Morgan fingerprint density at radius 1 is 1.07 bits per heavy atom. The number of morpholine rings is 1. The van der Waals surface area contributed by atoms with Crippen molar-refractivity contribution < 1.29 is 14.3 Å². The van der Waals surface area contributed by atoms with Gasteiger partial charge in [-0.2, -0.15) is 0 Å². The minimum absolute atomic E-state index is 0.0305. The molecule has 0 bridgehead atoms. The van der Waals surface area contributed by atoms with Crippen LogP contribution in [0.2, 0.25) is 0 Å². The first-order valence-corrected chi connectivity index (χ1v) is 10.2. The van der Waals surface area contributed by atoms with Gasteiger partial charge in [-0.15, -0.1) is 0 Å². The Morgan fingerprint density at radius 3 is 2.52 bits per heavy atom. The fraction of sp³-hybridized carbons (Fsp3) is 0.391. The third kappa shape index (κ3) is 4.27. The van der Waals surface area contributed by atoms with Crippen LogP contribution in [0.25, 0.3) is 0 Å². The van der Waals surface area contributed by atoms with Gasteiger partial charge in [-0.25, -0.2) is 0 Å². The van der Waals surface area contributed by atoms with Crippen LogP contribution >= 0.6 is 0 Å². The van der Waals surface area contributed by atoms with Crippen LogP contribution < -0.4 is 10.2 Å². The normalized spacial score (nSPS) is 20.6. The van der Waals surface area contributed by atoms with E-state index in [9.17, 15) is 9.59 Å². The lowest BCUT2D eigenvalue weighted by atomic mass is 10.1. The molecule has 0 saturated carbocycles. The summed E-state index contributed by atoms with van der Waals surface area (Å²) in [5.74, 6) is -0.406. The minimum Gasteiger partial charge on any atom is -0.378 e. The van der Waals surface area contributed by atoms with Crippen molar-refractivity contribution in [3.63, 3.8) is 0 Å². The molecule has 2 aliphatic rings. The standard InChI is InChI=1S/C23H27N3O3/c1-17(18-7-3-2-4-8-18)26-16-19(15-22(26)27)23(28)24-20-9-5-6-10-21(20)25-11-13-29-14-12-25/h2-10,17,19H,11-16H2,1H3,(H,24,28)/t17-,19+/m1/s1. The SMILES string of the molecule is C[C@H](c1ccccc1)N1C[C@@H](C(=O)Nc2ccccc2N2CCOCC2)CC1=O. The van der Waals surface area contributed by atoms with Gasteiger partial charge in [-0.05, 0) is 24.6 Å². The predicted octanol–water partition coefficient (Wildman–Crippen LogP) is 3.07. The monoisotopic (exact) mass is 393 g/mol. The van der Waals surface area contributed by atoms with Crippen molar-refractivity contribution in [1.29, 1.82) is 0 Å². The molecular formula is C23H27N3O3. The van der Waals surface area contributed by atoms with Crippen LogP contribution in [0.3, 0.4) is 0 Å². The molecule has 2 heterocycles. The summed E-state index contributed by atoms with van der Waals surface area (Å²) in [5, 5.41) is 3.07. The Balaban J connectivity index is 1.44. The molecule has 0 aromatic heterocycles. The van der Waals surface area contributed by atoms with E-state index in [0.717, 1.165) is 30.0 Å². The number of para-hydroxylation sites is 2. The van der Waals surface area contributed by atoms with Crippen molar-refractivity contribution in [1.82, 2.24) is 4.90 Å². The van der Waals surface area contributed by atoms with Gasteiger partial charge in [0.05, 0.1) is 36.5 Å². The zero-order valence-electron chi connectivity index (χ0n) is 16.7. The largest absolute Gasteiger partial charge is 0.378 e. The Bertz CT molecular complexity index is 865. The summed E-state index contributed by atoms with van der Waals surface area (Å²) in [6.45, 7) is 5.44. The van der Waals surface area contributed by atoms with Gasteiger partial charge in [0, 0.05) is 26.1 Å². The summed E-state index contributed by atoms with van der Waals surface area (Å²) in [6, 6.07) is 17.7. The zero-order valence-corrected chi connectivity index (χ0v) is 16.7. The number of nitrogens with one attached hydrogen (secondary N) is 1. The molecule has 4 rings (SSSR count). The van der Waals surface area contributed by atoms with Crippen LogP contribution in [0, 0.1) is 5.92 Å². The lowest BCUT2D eigenvalue weighted by Crippen LogP contribution is -2.37. The number of ether oxygens (including phenoxy) is 1. The van der Waals surface area contributed by atoms with Crippen molar-refractivity contribution in [2.45, 2.75) is 19.4 Å². The number of hydrogen-bond acceptors (Lipinski definition) is 4. The van der Waals surface area contributed by atoms with E-state index in [-0.39, 0.29) is 30.2 Å². The maximum Gasteiger partial charge on any atom is 0.229 e. The third-order valence-electron chi connectivity index (χ3n) is 5.79. The summed E-state index contributed by atoms with van der Waals surface area (Å²) >= 11 is 0. The molecule has 1 N–H and O–H groups in total. The molecule has 0 spiro atoms. The quantitative estimate of drug-likeness (QED) is 0.848. The van der Waals surface area contributed by atoms with Crippen LogP contribution in [0.4, 0.5) is 11.4 Å². The molecule has 2 fully saturated rings. The molecule has 0 aliphatic carbocycles. The topological polar surface area (TPSA) is 61.9 Å².